The number of H-pyrrole nitrogens is 1. The Bertz CT molecular complexity index is 1000. The van der Waals surface area contributed by atoms with Crippen LogP contribution < -0.4 is 24.8 Å². The molecule has 3 N–H and O–H groups in total. The molecule has 2 aromatic carbocycles. The monoisotopic (exact) mass is 438 g/mol. The van der Waals surface area contributed by atoms with E-state index in [1.165, 1.54) is 0 Å². The van der Waals surface area contributed by atoms with Gasteiger partial charge in [-0.3, -0.25) is 5.10 Å². The maximum atomic E-state index is 5.95. The summed E-state index contributed by atoms with van der Waals surface area (Å²) in [4.78, 5) is 9.12. The van der Waals surface area contributed by atoms with Crippen LogP contribution in [0, 0.1) is 0 Å². The van der Waals surface area contributed by atoms with Gasteiger partial charge in [-0.05, 0) is 50.2 Å². The van der Waals surface area contributed by atoms with Gasteiger partial charge < -0.3 is 24.8 Å². The molecule has 1 aromatic heterocycles. The normalized spacial score (nSPS) is 12.2. The van der Waals surface area contributed by atoms with Crippen molar-refractivity contribution in [1.29, 1.82) is 0 Å². The molecule has 32 heavy (non-hydrogen) atoms. The Morgan fingerprint density at radius 3 is 2.50 bits per heavy atom. The Morgan fingerprint density at radius 2 is 1.78 bits per heavy atom. The molecule has 0 bridgehead atoms. The molecule has 0 fully saturated rings. The first-order valence-corrected chi connectivity index (χ1v) is 10.5. The number of hydrogen-bond donors (Lipinski definition) is 3. The number of aromatic nitrogens is 3. The van der Waals surface area contributed by atoms with Gasteiger partial charge in [-0.1, -0.05) is 6.07 Å². The molecule has 0 radical (unpaired) electrons. The fourth-order valence-electron chi connectivity index (χ4n) is 2.92. The van der Waals surface area contributed by atoms with Crippen LogP contribution in [-0.4, -0.2) is 54.6 Å². The van der Waals surface area contributed by atoms with Crippen molar-refractivity contribution in [2.45, 2.75) is 26.5 Å². The Labute approximate surface area is 188 Å². The summed E-state index contributed by atoms with van der Waals surface area (Å²) in [6.45, 7) is 5.70. The summed E-state index contributed by atoms with van der Waals surface area (Å²) in [5.74, 6) is 4.29. The van der Waals surface area contributed by atoms with Crippen LogP contribution in [0.2, 0.25) is 0 Å². The molecule has 0 aliphatic carbocycles. The van der Waals surface area contributed by atoms with Gasteiger partial charge in [0.05, 0.1) is 20.8 Å². The fraction of sp³-hybridized carbons (Fsp3) is 0.348. The summed E-state index contributed by atoms with van der Waals surface area (Å²) in [7, 11) is 3.28. The second-order valence-corrected chi connectivity index (χ2v) is 7.02. The molecular formula is C23H30N6O3. The molecular weight excluding hydrogens is 408 g/mol. The molecule has 0 saturated carbocycles. The molecule has 1 unspecified atom stereocenters. The molecule has 170 valence electrons. The third-order valence-corrected chi connectivity index (χ3v) is 4.55. The molecule has 3 aromatic rings. The van der Waals surface area contributed by atoms with Gasteiger partial charge in [-0.2, -0.15) is 5.10 Å². The minimum Gasteiger partial charge on any atom is -0.497 e. The molecule has 9 nitrogen and oxygen atoms in total. The zero-order valence-corrected chi connectivity index (χ0v) is 18.9. The highest BCUT2D eigenvalue weighted by Gasteiger charge is 2.09. The van der Waals surface area contributed by atoms with E-state index in [2.05, 4.69) is 30.8 Å². The van der Waals surface area contributed by atoms with Crippen LogP contribution in [0.15, 0.2) is 53.5 Å². The molecule has 3 rings (SSSR count). The lowest BCUT2D eigenvalue weighted by Crippen LogP contribution is -2.41. The van der Waals surface area contributed by atoms with Crippen LogP contribution in [0.3, 0.4) is 0 Å². The number of nitrogens with one attached hydrogen (secondary N) is 3. The van der Waals surface area contributed by atoms with Crippen molar-refractivity contribution in [3.63, 3.8) is 0 Å². The number of nitrogens with zero attached hydrogens (tertiary/aromatic N) is 3. The quantitative estimate of drug-likeness (QED) is 0.330. The number of ether oxygens (including phenoxy) is 3. The highest BCUT2D eigenvalue weighted by molar-refractivity contribution is 5.79. The molecule has 0 amide bonds. The smallest absolute Gasteiger partial charge is 0.191 e. The predicted octanol–water partition coefficient (Wildman–Crippen LogP) is 3.01. The first kappa shape index (κ1) is 22.9. The maximum absolute atomic E-state index is 5.95. The molecule has 1 atom stereocenters. The van der Waals surface area contributed by atoms with Crippen molar-refractivity contribution in [3.8, 4) is 28.6 Å². The van der Waals surface area contributed by atoms with Gasteiger partial charge in [-0.15, -0.1) is 0 Å². The first-order valence-electron chi connectivity index (χ1n) is 10.5. The largest absolute Gasteiger partial charge is 0.497 e. The zero-order valence-electron chi connectivity index (χ0n) is 18.9. The van der Waals surface area contributed by atoms with E-state index >= 15 is 0 Å². The van der Waals surface area contributed by atoms with Gasteiger partial charge in [-0.25, -0.2) is 9.98 Å². The van der Waals surface area contributed by atoms with Crippen LogP contribution in [-0.2, 0) is 6.54 Å². The highest BCUT2D eigenvalue weighted by Crippen LogP contribution is 2.20. The molecule has 0 aliphatic rings. The molecule has 0 saturated heterocycles. The average molecular weight is 439 g/mol. The standard InChI is InChI=1S/C23H30N6O3/c1-5-24-23(25-14-16(2)32-20-8-6-7-19(13-20)31-4)26-15-21-27-22(29-28-21)17-9-11-18(30-3)12-10-17/h6-13,16H,5,14-15H2,1-4H3,(H2,24,25,26)(H,27,28,29). The van der Waals surface area contributed by atoms with Crippen LogP contribution in [0.4, 0.5) is 0 Å². The van der Waals surface area contributed by atoms with Gasteiger partial charge in [0.2, 0.25) is 0 Å². The summed E-state index contributed by atoms with van der Waals surface area (Å²) < 4.78 is 16.4. The van der Waals surface area contributed by atoms with Gasteiger partial charge in [0.1, 0.15) is 35.7 Å². The maximum Gasteiger partial charge on any atom is 0.191 e. The third-order valence-electron chi connectivity index (χ3n) is 4.55. The van der Waals surface area contributed by atoms with E-state index in [4.69, 9.17) is 14.2 Å². The molecule has 1 heterocycles. The number of rotatable bonds is 10. The van der Waals surface area contributed by atoms with Gasteiger partial charge in [0, 0.05) is 18.2 Å². The van der Waals surface area contributed by atoms with Gasteiger partial charge >= 0.3 is 0 Å². The van der Waals surface area contributed by atoms with Crippen LogP contribution in [0.25, 0.3) is 11.4 Å². The van der Waals surface area contributed by atoms with E-state index in [0.29, 0.717) is 30.7 Å². The van der Waals surface area contributed by atoms with Crippen LogP contribution >= 0.6 is 0 Å². The van der Waals surface area contributed by atoms with E-state index in [1.54, 1.807) is 14.2 Å². The van der Waals surface area contributed by atoms with Crippen molar-refractivity contribution in [2.75, 3.05) is 27.3 Å². The lowest BCUT2D eigenvalue weighted by Gasteiger charge is -2.18. The van der Waals surface area contributed by atoms with Crippen LogP contribution in [0.1, 0.15) is 19.7 Å². The third kappa shape index (κ3) is 6.63. The first-order chi connectivity index (χ1) is 15.6. The number of guanidine groups is 1. The Kier molecular flexibility index (Phi) is 8.30. The van der Waals surface area contributed by atoms with Crippen molar-refractivity contribution in [1.82, 2.24) is 25.8 Å². The lowest BCUT2D eigenvalue weighted by molar-refractivity contribution is 0.223. The van der Waals surface area contributed by atoms with Crippen molar-refractivity contribution < 1.29 is 14.2 Å². The number of aromatic amines is 1. The Hall–Kier alpha value is -3.75. The second-order valence-electron chi connectivity index (χ2n) is 7.02. The van der Waals surface area contributed by atoms with E-state index < -0.39 is 0 Å². The number of hydrogen-bond acceptors (Lipinski definition) is 6. The number of methoxy groups -OCH3 is 2. The number of benzene rings is 2. The summed E-state index contributed by atoms with van der Waals surface area (Å²) in [5, 5.41) is 13.8. The topological polar surface area (TPSA) is 106 Å². The van der Waals surface area contributed by atoms with E-state index in [1.807, 2.05) is 62.4 Å². The minimum absolute atomic E-state index is 0.0714. The highest BCUT2D eigenvalue weighted by atomic mass is 16.5. The molecule has 9 heteroatoms. The van der Waals surface area contributed by atoms with Crippen molar-refractivity contribution in [3.05, 3.63) is 54.4 Å². The predicted molar refractivity (Wildman–Crippen MR) is 124 cm³/mol. The average Bonchev–Trinajstić information content (AvgIpc) is 3.30. The van der Waals surface area contributed by atoms with E-state index in [0.717, 1.165) is 29.4 Å². The summed E-state index contributed by atoms with van der Waals surface area (Å²) in [6.07, 6.45) is -0.0714. The minimum atomic E-state index is -0.0714. The fourth-order valence-corrected chi connectivity index (χ4v) is 2.92. The van der Waals surface area contributed by atoms with E-state index in [-0.39, 0.29) is 6.10 Å². The molecule has 0 aliphatic heterocycles. The van der Waals surface area contributed by atoms with Gasteiger partial charge in [0.25, 0.3) is 0 Å². The van der Waals surface area contributed by atoms with E-state index in [9.17, 15) is 0 Å². The Balaban J connectivity index is 1.55. The SMILES string of the molecule is CCNC(=NCc1nc(-c2ccc(OC)cc2)n[nH]1)NCC(C)Oc1cccc(OC)c1. The second kappa shape index (κ2) is 11.6. The number of aliphatic imine (C=N–C) groups is 1. The van der Waals surface area contributed by atoms with Crippen molar-refractivity contribution >= 4 is 5.96 Å². The van der Waals surface area contributed by atoms with Gasteiger partial charge in [0.15, 0.2) is 11.8 Å². The molecule has 0 spiro atoms. The van der Waals surface area contributed by atoms with Crippen molar-refractivity contribution in [2.24, 2.45) is 4.99 Å². The lowest BCUT2D eigenvalue weighted by atomic mass is 10.2. The Morgan fingerprint density at radius 1 is 1.03 bits per heavy atom. The summed E-state index contributed by atoms with van der Waals surface area (Å²) >= 11 is 0. The summed E-state index contributed by atoms with van der Waals surface area (Å²) in [5.41, 5.74) is 0.908. The zero-order chi connectivity index (χ0) is 22.8. The summed E-state index contributed by atoms with van der Waals surface area (Å²) in [6, 6.07) is 15.2. The van der Waals surface area contributed by atoms with Crippen LogP contribution in [0.5, 0.6) is 17.2 Å².